The van der Waals surface area contributed by atoms with Gasteiger partial charge in [0.25, 0.3) is 0 Å². The second-order valence-corrected chi connectivity index (χ2v) is 9.72. The summed E-state index contributed by atoms with van der Waals surface area (Å²) in [7, 11) is 0. The number of pyridine rings is 1. The van der Waals surface area contributed by atoms with Crippen LogP contribution in [-0.4, -0.2) is 55.6 Å². The Labute approximate surface area is 174 Å². The van der Waals surface area contributed by atoms with Gasteiger partial charge in [-0.15, -0.1) is 0 Å². The highest BCUT2D eigenvalue weighted by molar-refractivity contribution is 5.62. The molecule has 6 heteroatoms. The standard InChI is InChI=1S/C23H34N4O2/c1-17-9-18(7-6-8-27-13-22(2,3)14-27)10-26-21(17)19(24)11-25-12-20-28-15-23(4,5)16-29-20/h9-11,20,25H,8,12-16,24H2,1-5H3/b19-11-. The summed E-state index contributed by atoms with van der Waals surface area (Å²) in [6.07, 6.45) is 3.29. The molecule has 158 valence electrons. The van der Waals surface area contributed by atoms with Gasteiger partial charge >= 0.3 is 0 Å². The van der Waals surface area contributed by atoms with Gasteiger partial charge in [0.1, 0.15) is 0 Å². The first kappa shape index (κ1) is 21.6. The quantitative estimate of drug-likeness (QED) is 0.742. The fourth-order valence-corrected chi connectivity index (χ4v) is 3.65. The van der Waals surface area contributed by atoms with E-state index in [9.17, 15) is 0 Å². The number of hydrogen-bond acceptors (Lipinski definition) is 6. The molecule has 2 aliphatic rings. The van der Waals surface area contributed by atoms with Crippen molar-refractivity contribution in [3.63, 3.8) is 0 Å². The number of likely N-dealkylation sites (tertiary alicyclic amines) is 1. The highest BCUT2D eigenvalue weighted by atomic mass is 16.7. The van der Waals surface area contributed by atoms with Crippen LogP contribution in [0.1, 0.15) is 44.5 Å². The second-order valence-electron chi connectivity index (χ2n) is 9.72. The van der Waals surface area contributed by atoms with Gasteiger partial charge in [-0.05, 0) is 24.0 Å². The lowest BCUT2D eigenvalue weighted by atomic mass is 9.84. The molecule has 0 aliphatic carbocycles. The van der Waals surface area contributed by atoms with Crippen LogP contribution in [0.25, 0.3) is 5.70 Å². The Morgan fingerprint density at radius 1 is 1.28 bits per heavy atom. The molecule has 0 aromatic carbocycles. The molecule has 3 rings (SSSR count). The normalized spacial score (nSPS) is 21.8. The molecule has 0 amide bonds. The Kier molecular flexibility index (Phi) is 6.52. The molecular formula is C23H34N4O2. The summed E-state index contributed by atoms with van der Waals surface area (Å²) in [5, 5.41) is 3.18. The Balaban J connectivity index is 1.49. The number of hydrogen-bond donors (Lipinski definition) is 2. The van der Waals surface area contributed by atoms with E-state index in [2.05, 4.69) is 54.7 Å². The van der Waals surface area contributed by atoms with Crippen LogP contribution < -0.4 is 11.1 Å². The van der Waals surface area contributed by atoms with E-state index < -0.39 is 0 Å². The van der Waals surface area contributed by atoms with Crippen LogP contribution >= 0.6 is 0 Å². The lowest BCUT2D eigenvalue weighted by Gasteiger charge is -2.44. The van der Waals surface area contributed by atoms with E-state index in [0.717, 1.165) is 36.5 Å². The van der Waals surface area contributed by atoms with Crippen LogP contribution in [0.15, 0.2) is 18.5 Å². The highest BCUT2D eigenvalue weighted by Gasteiger charge is 2.33. The molecule has 0 radical (unpaired) electrons. The Hall–Kier alpha value is -2.07. The van der Waals surface area contributed by atoms with Crippen molar-refractivity contribution >= 4 is 5.70 Å². The number of aromatic nitrogens is 1. The molecule has 3 N–H and O–H groups in total. The molecule has 1 aromatic rings. The number of aryl methyl sites for hydroxylation is 1. The van der Waals surface area contributed by atoms with Gasteiger partial charge < -0.3 is 20.5 Å². The third kappa shape index (κ3) is 6.20. The molecule has 0 spiro atoms. The molecule has 6 nitrogen and oxygen atoms in total. The smallest absolute Gasteiger partial charge is 0.174 e. The highest BCUT2D eigenvalue weighted by Crippen LogP contribution is 2.27. The van der Waals surface area contributed by atoms with E-state index in [4.69, 9.17) is 15.2 Å². The minimum atomic E-state index is -0.254. The molecule has 2 saturated heterocycles. The van der Waals surface area contributed by atoms with Gasteiger partial charge in [0.2, 0.25) is 0 Å². The molecule has 29 heavy (non-hydrogen) atoms. The molecule has 2 aliphatic heterocycles. The van der Waals surface area contributed by atoms with Crippen molar-refractivity contribution in [1.82, 2.24) is 15.2 Å². The number of ether oxygens (including phenoxy) is 2. The fourth-order valence-electron chi connectivity index (χ4n) is 3.65. The van der Waals surface area contributed by atoms with E-state index >= 15 is 0 Å². The zero-order valence-electron chi connectivity index (χ0n) is 18.3. The number of nitrogens with two attached hydrogens (primary N) is 1. The fraction of sp³-hybridized carbons (Fsp3) is 0.609. The van der Waals surface area contributed by atoms with Crippen molar-refractivity contribution in [2.75, 3.05) is 39.4 Å². The van der Waals surface area contributed by atoms with Crippen molar-refractivity contribution < 1.29 is 9.47 Å². The summed E-state index contributed by atoms with van der Waals surface area (Å²) >= 11 is 0. The second kappa shape index (κ2) is 8.74. The molecule has 1 aromatic heterocycles. The summed E-state index contributed by atoms with van der Waals surface area (Å²) in [6, 6.07) is 2.03. The van der Waals surface area contributed by atoms with Crippen molar-refractivity contribution in [3.05, 3.63) is 35.3 Å². The Morgan fingerprint density at radius 3 is 2.59 bits per heavy atom. The van der Waals surface area contributed by atoms with Crippen LogP contribution in [0.3, 0.4) is 0 Å². The Bertz CT molecular complexity index is 802. The average Bonchev–Trinajstić information content (AvgIpc) is 2.61. The van der Waals surface area contributed by atoms with Crippen LogP contribution in [0.4, 0.5) is 0 Å². The molecule has 0 atom stereocenters. The molecule has 2 fully saturated rings. The van der Waals surface area contributed by atoms with Gasteiger partial charge in [0, 0.05) is 36.5 Å². The lowest BCUT2D eigenvalue weighted by Crippen LogP contribution is -2.52. The minimum absolute atomic E-state index is 0.0723. The summed E-state index contributed by atoms with van der Waals surface area (Å²) < 4.78 is 11.4. The monoisotopic (exact) mass is 398 g/mol. The predicted octanol–water partition coefficient (Wildman–Crippen LogP) is 2.33. The zero-order chi connectivity index (χ0) is 21.1. The maximum absolute atomic E-state index is 6.21. The number of nitrogens with zero attached hydrogens (tertiary/aromatic N) is 2. The first-order chi connectivity index (χ1) is 13.6. The van der Waals surface area contributed by atoms with Gasteiger partial charge in [-0.25, -0.2) is 0 Å². The van der Waals surface area contributed by atoms with Gasteiger partial charge in [0.05, 0.1) is 37.7 Å². The summed E-state index contributed by atoms with van der Waals surface area (Å²) in [4.78, 5) is 6.86. The first-order valence-electron chi connectivity index (χ1n) is 10.2. The Morgan fingerprint density at radius 2 is 1.97 bits per heavy atom. The third-order valence-electron chi connectivity index (χ3n) is 5.05. The van der Waals surface area contributed by atoms with E-state index in [1.54, 1.807) is 12.4 Å². The lowest BCUT2D eigenvalue weighted by molar-refractivity contribution is -0.217. The van der Waals surface area contributed by atoms with Crippen LogP contribution in [0.5, 0.6) is 0 Å². The summed E-state index contributed by atoms with van der Waals surface area (Å²) in [6.45, 7) is 15.8. The zero-order valence-corrected chi connectivity index (χ0v) is 18.3. The van der Waals surface area contributed by atoms with Crippen LogP contribution in [0, 0.1) is 29.6 Å². The molecule has 0 saturated carbocycles. The molecule has 0 unspecified atom stereocenters. The van der Waals surface area contributed by atoms with Crippen LogP contribution in [0.2, 0.25) is 0 Å². The first-order valence-corrected chi connectivity index (χ1v) is 10.2. The van der Waals surface area contributed by atoms with Gasteiger partial charge in [-0.1, -0.05) is 39.5 Å². The average molecular weight is 399 g/mol. The van der Waals surface area contributed by atoms with Crippen molar-refractivity contribution in [3.8, 4) is 11.8 Å². The minimum Gasteiger partial charge on any atom is -0.396 e. The van der Waals surface area contributed by atoms with Crippen LogP contribution in [-0.2, 0) is 9.47 Å². The van der Waals surface area contributed by atoms with E-state index in [1.165, 1.54) is 0 Å². The SMILES string of the molecule is Cc1cc(C#CCN2CC(C)(C)C2)cnc1/C(N)=C/NCC1OCC(C)(C)CO1. The van der Waals surface area contributed by atoms with E-state index in [1.807, 2.05) is 13.0 Å². The van der Waals surface area contributed by atoms with Crippen molar-refractivity contribution in [2.45, 2.75) is 40.9 Å². The maximum Gasteiger partial charge on any atom is 0.174 e. The largest absolute Gasteiger partial charge is 0.396 e. The van der Waals surface area contributed by atoms with Gasteiger partial charge in [-0.2, -0.15) is 0 Å². The number of rotatable bonds is 5. The van der Waals surface area contributed by atoms with Gasteiger partial charge in [0.15, 0.2) is 6.29 Å². The van der Waals surface area contributed by atoms with Crippen molar-refractivity contribution in [1.29, 1.82) is 0 Å². The van der Waals surface area contributed by atoms with Gasteiger partial charge in [-0.3, -0.25) is 9.88 Å². The molecule has 0 bridgehead atoms. The number of nitrogens with one attached hydrogen (secondary N) is 1. The molecular weight excluding hydrogens is 364 g/mol. The predicted molar refractivity (Wildman–Crippen MR) is 116 cm³/mol. The van der Waals surface area contributed by atoms with Crippen molar-refractivity contribution in [2.24, 2.45) is 16.6 Å². The molecule has 3 heterocycles. The summed E-state index contributed by atoms with van der Waals surface area (Å²) in [5.41, 5.74) is 9.98. The topological polar surface area (TPSA) is 72.6 Å². The maximum atomic E-state index is 6.21. The third-order valence-corrected chi connectivity index (χ3v) is 5.05. The summed E-state index contributed by atoms with van der Waals surface area (Å²) in [5.74, 6) is 6.45. The van der Waals surface area contributed by atoms with E-state index in [-0.39, 0.29) is 11.7 Å². The van der Waals surface area contributed by atoms with E-state index in [0.29, 0.717) is 30.9 Å².